The van der Waals surface area contributed by atoms with E-state index in [9.17, 15) is 4.79 Å². The minimum atomic E-state index is -0.136. The van der Waals surface area contributed by atoms with Gasteiger partial charge in [-0.05, 0) is 5.75 Å². The maximum Gasteiger partial charge on any atom is 0.225 e. The van der Waals surface area contributed by atoms with Crippen molar-refractivity contribution in [2.75, 3.05) is 11.1 Å². The van der Waals surface area contributed by atoms with E-state index in [1.807, 2.05) is 13.0 Å². The average Bonchev–Trinajstić information content (AvgIpc) is 2.61. The zero-order chi connectivity index (χ0) is 11.3. The van der Waals surface area contributed by atoms with Gasteiger partial charge in [-0.1, -0.05) is 13.8 Å². The first-order valence-electron chi connectivity index (χ1n) is 4.64. The fraction of sp³-hybridized carbons (Fsp3) is 0.444. The number of anilines is 1. The number of aromatic nitrogens is 2. The Morgan fingerprint density at radius 3 is 2.93 bits per heavy atom. The number of nitrogens with zero attached hydrogens (tertiary/aromatic N) is 2. The Kier molecular flexibility index (Phi) is 4.18. The van der Waals surface area contributed by atoms with Gasteiger partial charge < -0.3 is 5.32 Å². The Balaban J connectivity index is 2.90. The Hall–Kier alpha value is -1.48. The summed E-state index contributed by atoms with van der Waals surface area (Å²) >= 11 is 1.47. The fourth-order valence-electron chi connectivity index (χ4n) is 0.989. The molecule has 0 bridgehead atoms. The van der Waals surface area contributed by atoms with Crippen molar-refractivity contribution in [3.05, 3.63) is 5.56 Å². The zero-order valence-electron chi connectivity index (χ0n) is 8.63. The lowest BCUT2D eigenvalue weighted by atomic mass is 10.3. The van der Waals surface area contributed by atoms with E-state index in [0.29, 0.717) is 22.8 Å². The third-order valence-corrected chi connectivity index (χ3v) is 2.57. The summed E-state index contributed by atoms with van der Waals surface area (Å²) in [5.74, 6) is 1.09. The van der Waals surface area contributed by atoms with Gasteiger partial charge in [0.2, 0.25) is 5.91 Å². The molecule has 0 radical (unpaired) electrons. The van der Waals surface area contributed by atoms with Crippen molar-refractivity contribution in [3.63, 3.8) is 0 Å². The molecular weight excluding hydrogens is 212 g/mol. The van der Waals surface area contributed by atoms with Crippen molar-refractivity contribution in [1.82, 2.24) is 10.2 Å². The standard InChI is InChI=1S/C9H12N4OS/c1-3-7(14)11-8-6(5-10)9(13-12-8)15-4-2/h3-4H2,1-2H3,(H2,11,12,13,14). The summed E-state index contributed by atoms with van der Waals surface area (Å²) in [4.78, 5) is 11.1. The van der Waals surface area contributed by atoms with E-state index >= 15 is 0 Å². The van der Waals surface area contributed by atoms with E-state index in [0.717, 1.165) is 5.75 Å². The second-order valence-corrected chi connectivity index (χ2v) is 3.98. The summed E-state index contributed by atoms with van der Waals surface area (Å²) in [5.41, 5.74) is 0.406. The number of H-pyrrole nitrogens is 1. The number of nitrogens with one attached hydrogen (secondary N) is 2. The molecule has 0 aliphatic rings. The highest BCUT2D eigenvalue weighted by molar-refractivity contribution is 7.99. The first-order valence-corrected chi connectivity index (χ1v) is 5.62. The maximum atomic E-state index is 11.1. The highest BCUT2D eigenvalue weighted by Gasteiger charge is 2.13. The third kappa shape index (κ3) is 2.73. The molecule has 0 saturated heterocycles. The molecule has 6 heteroatoms. The highest BCUT2D eigenvalue weighted by Crippen LogP contribution is 2.24. The van der Waals surface area contributed by atoms with Crippen LogP contribution in [0, 0.1) is 11.3 Å². The number of rotatable bonds is 4. The molecule has 1 heterocycles. The van der Waals surface area contributed by atoms with Crippen molar-refractivity contribution in [2.24, 2.45) is 0 Å². The molecule has 1 rings (SSSR count). The van der Waals surface area contributed by atoms with Crippen LogP contribution in [0.1, 0.15) is 25.8 Å². The molecule has 80 valence electrons. The molecule has 0 saturated carbocycles. The summed E-state index contributed by atoms with van der Waals surface area (Å²) in [7, 11) is 0. The molecule has 0 unspecified atom stereocenters. The predicted molar refractivity (Wildman–Crippen MR) is 58.6 cm³/mol. The zero-order valence-corrected chi connectivity index (χ0v) is 9.44. The summed E-state index contributed by atoms with van der Waals surface area (Å²) < 4.78 is 0. The minimum Gasteiger partial charge on any atom is -0.310 e. The number of carbonyl (C=O) groups excluding carboxylic acids is 1. The van der Waals surface area contributed by atoms with Gasteiger partial charge in [-0.3, -0.25) is 9.89 Å². The summed E-state index contributed by atoms with van der Waals surface area (Å²) in [6.45, 7) is 3.73. The number of thioether (sulfide) groups is 1. The van der Waals surface area contributed by atoms with E-state index in [-0.39, 0.29) is 5.91 Å². The summed E-state index contributed by atoms with van der Waals surface area (Å²) in [6.07, 6.45) is 0.375. The number of carbonyl (C=O) groups is 1. The quantitative estimate of drug-likeness (QED) is 0.763. The van der Waals surface area contributed by atoms with E-state index in [2.05, 4.69) is 15.5 Å². The third-order valence-electron chi connectivity index (χ3n) is 1.71. The lowest BCUT2D eigenvalue weighted by molar-refractivity contribution is -0.115. The van der Waals surface area contributed by atoms with Crippen LogP contribution >= 0.6 is 11.8 Å². The Morgan fingerprint density at radius 1 is 1.67 bits per heavy atom. The Labute approximate surface area is 92.2 Å². The van der Waals surface area contributed by atoms with Gasteiger partial charge in [-0.2, -0.15) is 10.4 Å². The van der Waals surface area contributed by atoms with Crippen LogP contribution in [0.3, 0.4) is 0 Å². The Morgan fingerprint density at radius 2 is 2.40 bits per heavy atom. The molecular formula is C9H12N4OS. The van der Waals surface area contributed by atoms with Crippen LogP contribution in [0.2, 0.25) is 0 Å². The van der Waals surface area contributed by atoms with Crippen LogP contribution < -0.4 is 5.32 Å². The summed E-state index contributed by atoms with van der Waals surface area (Å²) in [5, 5.41) is 18.8. The van der Waals surface area contributed by atoms with E-state index in [1.165, 1.54) is 11.8 Å². The number of amides is 1. The van der Waals surface area contributed by atoms with Gasteiger partial charge >= 0.3 is 0 Å². The largest absolute Gasteiger partial charge is 0.310 e. The van der Waals surface area contributed by atoms with Crippen LogP contribution in [-0.4, -0.2) is 21.9 Å². The van der Waals surface area contributed by atoms with Crippen LogP contribution in [0.15, 0.2) is 5.03 Å². The average molecular weight is 224 g/mol. The monoisotopic (exact) mass is 224 g/mol. The maximum absolute atomic E-state index is 11.1. The molecule has 0 spiro atoms. The van der Waals surface area contributed by atoms with Crippen molar-refractivity contribution < 1.29 is 4.79 Å². The molecule has 1 amide bonds. The van der Waals surface area contributed by atoms with Gasteiger partial charge in [0.25, 0.3) is 0 Å². The molecule has 0 fully saturated rings. The lowest BCUT2D eigenvalue weighted by Gasteiger charge is -1.99. The van der Waals surface area contributed by atoms with Crippen molar-refractivity contribution in [1.29, 1.82) is 5.26 Å². The number of hydrogen-bond acceptors (Lipinski definition) is 4. The van der Waals surface area contributed by atoms with Gasteiger partial charge in [0.05, 0.1) is 0 Å². The second kappa shape index (κ2) is 5.41. The smallest absolute Gasteiger partial charge is 0.225 e. The van der Waals surface area contributed by atoms with Gasteiger partial charge in [0.15, 0.2) is 0 Å². The second-order valence-electron chi connectivity index (χ2n) is 2.73. The first-order chi connectivity index (χ1) is 7.22. The lowest BCUT2D eigenvalue weighted by Crippen LogP contribution is -2.10. The van der Waals surface area contributed by atoms with Crippen LogP contribution in [0.4, 0.5) is 5.82 Å². The molecule has 0 aliphatic carbocycles. The SMILES string of the molecule is CCSc1n[nH]c(NC(=O)CC)c1C#N. The van der Waals surface area contributed by atoms with Gasteiger partial charge in [0.1, 0.15) is 22.5 Å². The fourth-order valence-corrected chi connectivity index (χ4v) is 1.66. The molecule has 2 N–H and O–H groups in total. The van der Waals surface area contributed by atoms with Crippen molar-refractivity contribution >= 4 is 23.5 Å². The van der Waals surface area contributed by atoms with Crippen LogP contribution in [0.5, 0.6) is 0 Å². The first kappa shape index (κ1) is 11.6. The number of hydrogen-bond donors (Lipinski definition) is 2. The van der Waals surface area contributed by atoms with Crippen LogP contribution in [0.25, 0.3) is 0 Å². The van der Waals surface area contributed by atoms with Gasteiger partial charge in [-0.25, -0.2) is 0 Å². The highest BCUT2D eigenvalue weighted by atomic mass is 32.2. The predicted octanol–water partition coefficient (Wildman–Crippen LogP) is 1.74. The van der Waals surface area contributed by atoms with E-state index < -0.39 is 0 Å². The molecule has 0 aromatic carbocycles. The van der Waals surface area contributed by atoms with E-state index in [4.69, 9.17) is 5.26 Å². The van der Waals surface area contributed by atoms with Crippen LogP contribution in [-0.2, 0) is 4.79 Å². The topological polar surface area (TPSA) is 81.6 Å². The Bertz CT molecular complexity index is 393. The number of aromatic amines is 1. The molecule has 5 nitrogen and oxygen atoms in total. The van der Waals surface area contributed by atoms with Crippen molar-refractivity contribution in [2.45, 2.75) is 25.3 Å². The normalized spacial score (nSPS) is 9.67. The molecule has 1 aromatic heterocycles. The minimum absolute atomic E-state index is 0.136. The number of nitriles is 1. The molecule has 1 aromatic rings. The molecule has 0 atom stereocenters. The van der Waals surface area contributed by atoms with Gasteiger partial charge in [0, 0.05) is 6.42 Å². The van der Waals surface area contributed by atoms with E-state index in [1.54, 1.807) is 6.92 Å². The molecule has 15 heavy (non-hydrogen) atoms. The molecule has 0 aliphatic heterocycles. The van der Waals surface area contributed by atoms with Gasteiger partial charge in [-0.15, -0.1) is 11.8 Å². The summed E-state index contributed by atoms with van der Waals surface area (Å²) in [6, 6.07) is 2.03. The van der Waals surface area contributed by atoms with Crippen molar-refractivity contribution in [3.8, 4) is 6.07 Å².